The van der Waals surface area contributed by atoms with E-state index in [0.717, 1.165) is 48.2 Å². The summed E-state index contributed by atoms with van der Waals surface area (Å²) in [7, 11) is -16.4. The number of nitrogens with zero attached hydrogens (tertiary/aromatic N) is 4. The van der Waals surface area contributed by atoms with E-state index in [4.69, 9.17) is 19.5 Å². The molecule has 3 rings (SSSR count). The molecule has 1 aliphatic heterocycles. The van der Waals surface area contributed by atoms with Crippen molar-refractivity contribution < 1.29 is 85.6 Å². The maximum Gasteiger partial charge on any atom is 0.481 e. The number of fused-ring (bicyclic) bond motifs is 1. The lowest BCUT2D eigenvalue weighted by Gasteiger charge is -2.30. The average molecular weight is 966 g/mol. The number of rotatable bonds is 29. The molecule has 0 radical (unpaired) electrons. The SMILES string of the molecule is CCCCCCCCC[C@@H](O)CC(=O)SCCNC(=O)CCNC(=O)[C@H](O)C(C)(C)COP(=O)(O)OP(=O)(O)OC[C@H]1O[C@@H](n2cnc3c(N)ncnc32)[C@H](O)[C@@H]1OP(=O)(O)O. The van der Waals surface area contributed by atoms with Gasteiger partial charge in [-0.25, -0.2) is 28.6 Å². The molecule has 25 nitrogen and oxygen atoms in total. The fourth-order valence-corrected chi connectivity index (χ4v) is 9.56. The Labute approximate surface area is 361 Å². The Kier molecular flexibility index (Phi) is 21.5. The number of anilines is 1. The van der Waals surface area contributed by atoms with Gasteiger partial charge in [0.25, 0.3) is 0 Å². The van der Waals surface area contributed by atoms with Crippen LogP contribution in [0.5, 0.6) is 0 Å². The average Bonchev–Trinajstić information content (AvgIpc) is 3.74. The van der Waals surface area contributed by atoms with Crippen LogP contribution in [-0.2, 0) is 50.7 Å². The summed E-state index contributed by atoms with van der Waals surface area (Å²) in [5.74, 6) is -1.22. The predicted molar refractivity (Wildman–Crippen MR) is 220 cm³/mol. The van der Waals surface area contributed by atoms with Crippen LogP contribution in [0.2, 0.25) is 0 Å². The number of amides is 2. The number of nitrogens with one attached hydrogen (secondary N) is 2. The molecule has 1 saturated heterocycles. The van der Waals surface area contributed by atoms with E-state index in [1.54, 1.807) is 0 Å². The Morgan fingerprint density at radius 1 is 0.968 bits per heavy atom. The van der Waals surface area contributed by atoms with Crippen LogP contribution in [0.1, 0.15) is 91.2 Å². The van der Waals surface area contributed by atoms with E-state index >= 15 is 0 Å². The van der Waals surface area contributed by atoms with Gasteiger partial charge < -0.3 is 56.0 Å². The summed E-state index contributed by atoms with van der Waals surface area (Å²) in [4.78, 5) is 88.1. The van der Waals surface area contributed by atoms with Gasteiger partial charge in [0.15, 0.2) is 22.8 Å². The molecule has 1 aliphatic rings. The largest absolute Gasteiger partial charge is 0.481 e. The number of carbonyl (C=O) groups is 3. The monoisotopic (exact) mass is 965 g/mol. The Bertz CT molecular complexity index is 1920. The summed E-state index contributed by atoms with van der Waals surface area (Å²) in [6, 6.07) is 0. The molecule has 2 aromatic heterocycles. The highest BCUT2D eigenvalue weighted by Gasteiger charge is 2.50. The Hall–Kier alpha value is -2.48. The second-order valence-corrected chi connectivity index (χ2v) is 20.4. The van der Waals surface area contributed by atoms with Gasteiger partial charge in [0, 0.05) is 37.1 Å². The number of hydrogen-bond acceptors (Lipinski definition) is 19. The quantitative estimate of drug-likeness (QED) is 0.0408. The van der Waals surface area contributed by atoms with Gasteiger partial charge >= 0.3 is 23.5 Å². The van der Waals surface area contributed by atoms with Crippen molar-refractivity contribution in [2.45, 2.75) is 122 Å². The lowest BCUT2D eigenvalue weighted by Crippen LogP contribution is -2.46. The molecule has 3 heterocycles. The molecule has 62 heavy (non-hydrogen) atoms. The number of imidazole rings is 1. The summed E-state index contributed by atoms with van der Waals surface area (Å²) in [5.41, 5.74) is 4.25. The third-order valence-electron chi connectivity index (χ3n) is 9.31. The van der Waals surface area contributed by atoms with Gasteiger partial charge in [-0.3, -0.25) is 32.5 Å². The number of unbranched alkanes of at least 4 members (excludes halogenated alkanes) is 6. The van der Waals surface area contributed by atoms with Crippen LogP contribution in [0.15, 0.2) is 12.7 Å². The molecule has 354 valence electrons. The first-order valence-corrected chi connectivity index (χ1v) is 25.2. The Morgan fingerprint density at radius 3 is 2.31 bits per heavy atom. The van der Waals surface area contributed by atoms with Crippen molar-refractivity contribution in [2.75, 3.05) is 37.8 Å². The zero-order valence-corrected chi connectivity index (χ0v) is 38.0. The topological polar surface area (TPSA) is 384 Å². The standard InChI is InChI=1S/C33H58N7O18P3S/c1-4-5-6-7-8-9-10-11-21(41)16-24(43)62-15-14-35-23(42)12-13-36-31(46)28(45)33(2,3)18-55-61(52,53)58-60(50,51)54-17-22-27(57-59(47,48)49)26(44)32(56-22)40-20-39-25-29(34)37-19-38-30(25)40/h19-22,26-28,32,41,44-45H,4-18H2,1-3H3,(H,35,42)(H,36,46)(H,50,51)(H,52,53)(H2,34,37,38)(H2,47,48,49)/t21-,22-,26-,27-,28+,32-/m1/s1. The molecule has 2 amide bonds. The number of carbonyl (C=O) groups excluding carboxylic acids is 3. The smallest absolute Gasteiger partial charge is 0.393 e. The number of aromatic nitrogens is 4. The minimum atomic E-state index is -5.58. The first kappa shape index (κ1) is 53.9. The lowest BCUT2D eigenvalue weighted by molar-refractivity contribution is -0.137. The van der Waals surface area contributed by atoms with Crippen molar-refractivity contribution >= 4 is 69.1 Å². The van der Waals surface area contributed by atoms with Crippen LogP contribution < -0.4 is 16.4 Å². The highest BCUT2D eigenvalue weighted by molar-refractivity contribution is 8.13. The number of phosphoric ester groups is 3. The van der Waals surface area contributed by atoms with Gasteiger partial charge in [0.05, 0.1) is 25.6 Å². The summed E-state index contributed by atoms with van der Waals surface area (Å²) >= 11 is 0.991. The normalized spacial score (nSPS) is 21.3. The van der Waals surface area contributed by atoms with Crippen LogP contribution in [0.3, 0.4) is 0 Å². The van der Waals surface area contributed by atoms with Crippen LogP contribution >= 0.6 is 35.2 Å². The van der Waals surface area contributed by atoms with Gasteiger partial charge in [-0.2, -0.15) is 4.31 Å². The fourth-order valence-electron chi connectivity index (χ4n) is 5.99. The van der Waals surface area contributed by atoms with Crippen molar-refractivity contribution in [3.8, 4) is 0 Å². The first-order valence-electron chi connectivity index (χ1n) is 19.7. The number of thioether (sulfide) groups is 1. The summed E-state index contributed by atoms with van der Waals surface area (Å²) < 4.78 is 62.3. The van der Waals surface area contributed by atoms with Crippen molar-refractivity contribution in [1.82, 2.24) is 30.2 Å². The lowest BCUT2D eigenvalue weighted by atomic mass is 9.87. The molecule has 1 fully saturated rings. The zero-order chi connectivity index (χ0) is 46.3. The number of aliphatic hydroxyl groups is 3. The van der Waals surface area contributed by atoms with Crippen LogP contribution in [0.25, 0.3) is 11.2 Å². The summed E-state index contributed by atoms with van der Waals surface area (Å²) in [5, 5.41) is 36.4. The maximum absolute atomic E-state index is 12.7. The Morgan fingerprint density at radius 2 is 1.63 bits per heavy atom. The fraction of sp³-hybridized carbons (Fsp3) is 0.758. The third kappa shape index (κ3) is 18.2. The van der Waals surface area contributed by atoms with Crippen molar-refractivity contribution in [2.24, 2.45) is 5.41 Å². The van der Waals surface area contributed by atoms with Crippen molar-refractivity contribution in [3.05, 3.63) is 12.7 Å². The molecule has 0 bridgehead atoms. The Balaban J connectivity index is 1.39. The number of hydrogen-bond donors (Lipinski definition) is 10. The van der Waals surface area contributed by atoms with Crippen molar-refractivity contribution in [3.63, 3.8) is 0 Å². The van der Waals surface area contributed by atoms with E-state index in [9.17, 15) is 63.0 Å². The highest BCUT2D eigenvalue weighted by atomic mass is 32.2. The van der Waals surface area contributed by atoms with Crippen LogP contribution in [0, 0.1) is 5.41 Å². The van der Waals surface area contributed by atoms with E-state index in [2.05, 4.69) is 41.3 Å². The first-order chi connectivity index (χ1) is 28.9. The van der Waals surface area contributed by atoms with Crippen LogP contribution in [-0.4, -0.2) is 134 Å². The number of ether oxygens (including phenoxy) is 1. The molecule has 0 spiro atoms. The molecule has 11 N–H and O–H groups in total. The number of nitrogen functional groups attached to an aromatic ring is 1. The minimum Gasteiger partial charge on any atom is -0.393 e. The summed E-state index contributed by atoms with van der Waals surface area (Å²) in [6.45, 7) is 2.55. The van der Waals surface area contributed by atoms with Crippen LogP contribution in [0.4, 0.5) is 5.82 Å². The summed E-state index contributed by atoms with van der Waals surface area (Å²) in [6.07, 6.45) is 0.648. The van der Waals surface area contributed by atoms with E-state index in [1.165, 1.54) is 39.5 Å². The minimum absolute atomic E-state index is 0.0241. The number of nitrogens with two attached hydrogens (primary N) is 1. The van der Waals surface area contributed by atoms with E-state index < -0.39 is 90.7 Å². The van der Waals surface area contributed by atoms with Gasteiger partial charge in [0.2, 0.25) is 11.8 Å². The van der Waals surface area contributed by atoms with E-state index in [-0.39, 0.29) is 53.8 Å². The van der Waals surface area contributed by atoms with E-state index in [1.807, 2.05) is 0 Å². The molecular weight excluding hydrogens is 907 g/mol. The molecule has 0 aromatic carbocycles. The highest BCUT2D eigenvalue weighted by Crippen LogP contribution is 2.61. The van der Waals surface area contributed by atoms with E-state index in [0.29, 0.717) is 6.42 Å². The van der Waals surface area contributed by atoms with Gasteiger partial charge in [0.1, 0.15) is 36.3 Å². The third-order valence-corrected chi connectivity index (χ3v) is 13.3. The molecule has 2 aromatic rings. The van der Waals surface area contributed by atoms with Crippen molar-refractivity contribution in [1.29, 1.82) is 0 Å². The number of aliphatic hydroxyl groups excluding tert-OH is 3. The molecule has 0 aliphatic carbocycles. The molecule has 8 atom stereocenters. The zero-order valence-electron chi connectivity index (χ0n) is 34.5. The van der Waals surface area contributed by atoms with Gasteiger partial charge in [-0.15, -0.1) is 0 Å². The second-order valence-electron chi connectivity index (χ2n) is 15.1. The predicted octanol–water partition coefficient (Wildman–Crippen LogP) is 1.56. The van der Waals surface area contributed by atoms with Gasteiger partial charge in [-0.05, 0) is 6.42 Å². The molecule has 29 heteroatoms. The molecule has 2 unspecified atom stereocenters. The second kappa shape index (κ2) is 24.7. The number of phosphoric acid groups is 3. The maximum atomic E-state index is 12.7. The molecule has 0 saturated carbocycles. The van der Waals surface area contributed by atoms with Gasteiger partial charge in [-0.1, -0.05) is 77.5 Å². The molecular formula is C33H58N7O18P3S.